The molecule has 0 bridgehead atoms. The average Bonchev–Trinajstić information content (AvgIpc) is 1.90. The topological polar surface area (TPSA) is 64.4 Å². The Balaban J connectivity index is 2.31. The van der Waals surface area contributed by atoms with Crippen molar-refractivity contribution in [3.8, 4) is 0 Å². The largest absolute Gasteiger partial charge is 0.365 e. The van der Waals surface area contributed by atoms with Crippen LogP contribution in [0.3, 0.4) is 0 Å². The molecule has 0 aromatic carbocycles. The van der Waals surface area contributed by atoms with E-state index < -0.39 is 11.1 Å². The van der Waals surface area contributed by atoms with Gasteiger partial charge in [0.15, 0.2) is 6.61 Å². The molecule has 0 saturated carbocycles. The van der Waals surface area contributed by atoms with Crippen molar-refractivity contribution in [2.75, 3.05) is 13.2 Å². The Morgan fingerprint density at radius 3 is 3.00 bits per heavy atom. The van der Waals surface area contributed by atoms with Gasteiger partial charge in [-0.25, -0.2) is 5.32 Å². The van der Waals surface area contributed by atoms with E-state index in [1.54, 1.807) is 0 Å². The van der Waals surface area contributed by atoms with Gasteiger partial charge in [0.2, 0.25) is 0 Å². The van der Waals surface area contributed by atoms with Gasteiger partial charge in [-0.05, 0) is 0 Å². The van der Waals surface area contributed by atoms with Gasteiger partial charge in [0.05, 0.1) is 6.61 Å². The maximum Gasteiger partial charge on any atom is 0.295 e. The van der Waals surface area contributed by atoms with Crippen LogP contribution in [0.25, 0.3) is 0 Å². The first kappa shape index (κ1) is 6.44. The minimum absolute atomic E-state index is 0.431. The highest BCUT2D eigenvalue weighted by Crippen LogP contribution is 1.97. The van der Waals surface area contributed by atoms with Gasteiger partial charge >= 0.3 is 0 Å². The second-order valence-corrected chi connectivity index (χ2v) is 1.69. The summed E-state index contributed by atoms with van der Waals surface area (Å²) in [6.45, 7) is 2.26. The molecule has 0 spiro atoms. The predicted molar refractivity (Wildman–Crippen MR) is 29.0 cm³/mol. The highest BCUT2D eigenvalue weighted by Gasteiger charge is 2.22. The Labute approximate surface area is 52.1 Å². The fourth-order valence-corrected chi connectivity index (χ4v) is 0.597. The molecule has 51 valence electrons. The number of hydrogen-bond donors (Lipinski definition) is 1. The lowest BCUT2D eigenvalue weighted by molar-refractivity contribution is -0.528. The quantitative estimate of drug-likeness (QED) is 0.380. The van der Waals surface area contributed by atoms with Crippen LogP contribution in [-0.4, -0.2) is 24.2 Å². The van der Waals surface area contributed by atoms with Gasteiger partial charge in [-0.3, -0.25) is 10.1 Å². The highest BCUT2D eigenvalue weighted by atomic mass is 16.6. The van der Waals surface area contributed by atoms with E-state index in [4.69, 9.17) is 4.74 Å². The average molecular weight is 131 g/mol. The summed E-state index contributed by atoms with van der Waals surface area (Å²) >= 11 is 0. The molecule has 1 rings (SSSR count). The van der Waals surface area contributed by atoms with Crippen molar-refractivity contribution in [3.05, 3.63) is 16.7 Å². The monoisotopic (exact) mass is 131 g/mol. The molecule has 0 aromatic rings. The Morgan fingerprint density at radius 2 is 2.67 bits per heavy atom. The molecular formula is C4H7N2O3. The summed E-state index contributed by atoms with van der Waals surface area (Å²) in [6.07, 6.45) is -0.821. The van der Waals surface area contributed by atoms with Crippen molar-refractivity contribution >= 4 is 0 Å². The zero-order valence-electron chi connectivity index (χ0n) is 4.74. The zero-order chi connectivity index (χ0) is 6.69. The number of nitrogens with zero attached hydrogens (tertiary/aromatic N) is 1. The summed E-state index contributed by atoms with van der Waals surface area (Å²) < 4.78 is 4.71. The summed E-state index contributed by atoms with van der Waals surface area (Å²) in [7, 11) is 0. The third-order valence-electron chi connectivity index (χ3n) is 1.03. The van der Waals surface area contributed by atoms with Gasteiger partial charge in [-0.1, -0.05) is 0 Å². The maximum atomic E-state index is 9.99. The molecule has 1 N–H and O–H groups in total. The molecule has 9 heavy (non-hydrogen) atoms. The van der Waals surface area contributed by atoms with E-state index >= 15 is 0 Å². The van der Waals surface area contributed by atoms with E-state index in [1.807, 2.05) is 0 Å². The third-order valence-corrected chi connectivity index (χ3v) is 1.03. The summed E-state index contributed by atoms with van der Waals surface area (Å²) in [5.41, 5.74) is 0. The molecule has 0 amide bonds. The molecule has 1 saturated heterocycles. The smallest absolute Gasteiger partial charge is 0.295 e. The van der Waals surface area contributed by atoms with Crippen molar-refractivity contribution in [1.29, 1.82) is 0 Å². The second-order valence-electron chi connectivity index (χ2n) is 1.69. The van der Waals surface area contributed by atoms with Crippen LogP contribution in [0.2, 0.25) is 0 Å². The number of rotatable bonds is 1. The normalized spacial score (nSPS) is 27.8. The van der Waals surface area contributed by atoms with Gasteiger partial charge in [0, 0.05) is 11.5 Å². The number of nitrogens with one attached hydrogen (secondary N) is 1. The standard InChI is InChI=1S/C4H7N2O3/c7-6(8)4-3-9-2-1-5-4/h3-5H,1-2H2. The molecule has 1 unspecified atom stereocenters. The minimum Gasteiger partial charge on any atom is -0.365 e. The molecule has 1 atom stereocenters. The molecule has 0 aromatic heterocycles. The van der Waals surface area contributed by atoms with Crippen LogP contribution in [0.15, 0.2) is 0 Å². The molecule has 1 radical (unpaired) electrons. The predicted octanol–water partition coefficient (Wildman–Crippen LogP) is -0.629. The van der Waals surface area contributed by atoms with E-state index in [0.717, 1.165) is 0 Å². The number of ether oxygens (including phenoxy) is 1. The Hall–Kier alpha value is -0.680. The Morgan fingerprint density at radius 1 is 1.89 bits per heavy atom. The fourth-order valence-electron chi connectivity index (χ4n) is 0.597. The van der Waals surface area contributed by atoms with Gasteiger partial charge in [-0.2, -0.15) is 0 Å². The molecule has 1 aliphatic rings. The molecule has 0 aliphatic carbocycles. The summed E-state index contributed by atoms with van der Waals surface area (Å²) in [6, 6.07) is 0. The lowest BCUT2D eigenvalue weighted by atomic mass is 10.4. The van der Waals surface area contributed by atoms with Crippen molar-refractivity contribution < 1.29 is 9.66 Å². The lowest BCUT2D eigenvalue weighted by Crippen LogP contribution is -2.43. The zero-order valence-corrected chi connectivity index (χ0v) is 4.74. The van der Waals surface area contributed by atoms with E-state index in [2.05, 4.69) is 5.32 Å². The van der Waals surface area contributed by atoms with Gasteiger partial charge < -0.3 is 4.74 Å². The van der Waals surface area contributed by atoms with Crippen molar-refractivity contribution in [1.82, 2.24) is 5.32 Å². The minimum atomic E-state index is -0.821. The number of hydrogen-bond acceptors (Lipinski definition) is 4. The fraction of sp³-hybridized carbons (Fsp3) is 0.750. The van der Waals surface area contributed by atoms with Crippen molar-refractivity contribution in [3.63, 3.8) is 0 Å². The molecule has 5 heteroatoms. The van der Waals surface area contributed by atoms with E-state index in [9.17, 15) is 10.1 Å². The van der Waals surface area contributed by atoms with E-state index in [0.29, 0.717) is 13.2 Å². The van der Waals surface area contributed by atoms with Gasteiger partial charge in [0.1, 0.15) is 0 Å². The van der Waals surface area contributed by atoms with Gasteiger partial charge in [0.25, 0.3) is 6.17 Å². The highest BCUT2D eigenvalue weighted by molar-refractivity contribution is 4.68. The summed E-state index contributed by atoms with van der Waals surface area (Å²) in [5.74, 6) is 0. The molecule has 1 fully saturated rings. The first-order valence-electron chi connectivity index (χ1n) is 2.62. The Kier molecular flexibility index (Phi) is 1.96. The van der Waals surface area contributed by atoms with Crippen molar-refractivity contribution in [2.24, 2.45) is 0 Å². The summed E-state index contributed by atoms with van der Waals surface area (Å²) in [4.78, 5) is 9.55. The van der Waals surface area contributed by atoms with Crippen LogP contribution in [0.5, 0.6) is 0 Å². The first-order chi connectivity index (χ1) is 4.30. The van der Waals surface area contributed by atoms with Crippen LogP contribution in [-0.2, 0) is 4.74 Å². The van der Waals surface area contributed by atoms with Crippen LogP contribution < -0.4 is 5.32 Å². The van der Waals surface area contributed by atoms with Crippen LogP contribution >= 0.6 is 0 Å². The molecule has 5 nitrogen and oxygen atoms in total. The van der Waals surface area contributed by atoms with Gasteiger partial charge in [-0.15, -0.1) is 0 Å². The molecule has 1 heterocycles. The van der Waals surface area contributed by atoms with Crippen molar-refractivity contribution in [2.45, 2.75) is 6.17 Å². The third kappa shape index (κ3) is 1.62. The van der Waals surface area contributed by atoms with E-state index in [-0.39, 0.29) is 0 Å². The van der Waals surface area contributed by atoms with Crippen LogP contribution in [0.4, 0.5) is 0 Å². The molecular weight excluding hydrogens is 124 g/mol. The second kappa shape index (κ2) is 2.75. The summed E-state index contributed by atoms with van der Waals surface area (Å²) in [5, 5.41) is 12.6. The first-order valence-corrected chi connectivity index (χ1v) is 2.62. The molecule has 1 aliphatic heterocycles. The SMILES string of the molecule is O=[N+]([O-])C1[CH]OCCN1. The van der Waals surface area contributed by atoms with Crippen LogP contribution in [0, 0.1) is 16.7 Å². The van der Waals surface area contributed by atoms with Crippen LogP contribution in [0.1, 0.15) is 0 Å². The Bertz CT molecular complexity index is 110. The van der Waals surface area contributed by atoms with E-state index in [1.165, 1.54) is 6.61 Å². The lowest BCUT2D eigenvalue weighted by Gasteiger charge is -2.15. The number of morpholine rings is 1. The number of nitro groups is 1. The maximum absolute atomic E-state index is 9.99.